The summed E-state index contributed by atoms with van der Waals surface area (Å²) in [5.41, 5.74) is 1.82. The predicted molar refractivity (Wildman–Crippen MR) is 127 cm³/mol. The predicted octanol–water partition coefficient (Wildman–Crippen LogP) is 5.44. The number of ether oxygens (including phenoxy) is 1. The van der Waals surface area contributed by atoms with Gasteiger partial charge in [-0.25, -0.2) is 9.96 Å². The fraction of sp³-hybridized carbons (Fsp3) is 0.200. The molecule has 2 amide bonds. The molecule has 3 atom stereocenters. The number of carbonyl (C=O) groups excluding carboxylic acids is 2. The molecule has 3 aromatic rings. The smallest absolute Gasteiger partial charge is 0.266 e. The van der Waals surface area contributed by atoms with Gasteiger partial charge in [0, 0.05) is 16.1 Å². The van der Waals surface area contributed by atoms with Gasteiger partial charge >= 0.3 is 0 Å². The molecule has 0 unspecified atom stereocenters. The third-order valence-electron chi connectivity index (χ3n) is 5.79. The second-order valence-electron chi connectivity index (χ2n) is 7.77. The fourth-order valence-electron chi connectivity index (χ4n) is 4.40. The van der Waals surface area contributed by atoms with Crippen LogP contribution in [0.4, 0.5) is 11.4 Å². The highest BCUT2D eigenvalue weighted by Gasteiger charge is 2.60. The first-order valence-corrected chi connectivity index (χ1v) is 11.3. The Bertz CT molecular complexity index is 1220. The van der Waals surface area contributed by atoms with Gasteiger partial charge in [0.05, 0.1) is 24.0 Å². The van der Waals surface area contributed by atoms with Gasteiger partial charge in [0.15, 0.2) is 6.10 Å². The van der Waals surface area contributed by atoms with Crippen molar-refractivity contribution in [3.05, 3.63) is 88.4 Å². The fourth-order valence-corrected chi connectivity index (χ4v) is 4.92. The van der Waals surface area contributed by atoms with Gasteiger partial charge in [-0.15, -0.1) is 0 Å². The lowest BCUT2D eigenvalue weighted by molar-refractivity contribution is -0.126. The Kier molecular flexibility index (Phi) is 5.74. The zero-order valence-electron chi connectivity index (χ0n) is 17.7. The molecular formula is C25H20Cl2N2O4. The molecule has 2 heterocycles. The van der Waals surface area contributed by atoms with Crippen LogP contribution in [0.15, 0.2) is 72.8 Å². The van der Waals surface area contributed by atoms with E-state index in [2.05, 4.69) is 0 Å². The first-order valence-electron chi connectivity index (χ1n) is 10.6. The van der Waals surface area contributed by atoms with Crippen molar-refractivity contribution in [1.29, 1.82) is 0 Å². The number of hydrogen-bond donors (Lipinski definition) is 0. The number of fused-ring (bicyclic) bond motifs is 1. The van der Waals surface area contributed by atoms with E-state index in [1.165, 1.54) is 4.90 Å². The molecule has 2 aliphatic heterocycles. The van der Waals surface area contributed by atoms with Crippen molar-refractivity contribution in [2.45, 2.75) is 19.1 Å². The van der Waals surface area contributed by atoms with Gasteiger partial charge in [-0.05, 0) is 48.9 Å². The van der Waals surface area contributed by atoms with Gasteiger partial charge in [0.25, 0.3) is 5.91 Å². The van der Waals surface area contributed by atoms with Gasteiger partial charge in [0.2, 0.25) is 5.91 Å². The van der Waals surface area contributed by atoms with Crippen LogP contribution < -0.4 is 14.7 Å². The summed E-state index contributed by atoms with van der Waals surface area (Å²) in [5, 5.41) is 2.48. The summed E-state index contributed by atoms with van der Waals surface area (Å²) in [6, 6.07) is 20.7. The number of nitrogens with zero attached hydrogens (tertiary/aromatic N) is 2. The zero-order valence-corrected chi connectivity index (χ0v) is 19.2. The van der Waals surface area contributed by atoms with Gasteiger partial charge in [0.1, 0.15) is 11.7 Å². The minimum Gasteiger partial charge on any atom is -0.494 e. The number of amides is 2. The van der Waals surface area contributed by atoms with Crippen LogP contribution >= 0.6 is 23.2 Å². The summed E-state index contributed by atoms with van der Waals surface area (Å²) in [6.07, 6.45) is -0.981. The van der Waals surface area contributed by atoms with E-state index in [4.69, 9.17) is 32.8 Å². The molecule has 0 bridgehead atoms. The molecule has 2 aliphatic rings. The van der Waals surface area contributed by atoms with Gasteiger partial charge < -0.3 is 4.74 Å². The van der Waals surface area contributed by atoms with Crippen molar-refractivity contribution < 1.29 is 19.2 Å². The molecular weight excluding hydrogens is 463 g/mol. The maximum atomic E-state index is 13.7. The van der Waals surface area contributed by atoms with Crippen LogP contribution in [0.2, 0.25) is 10.0 Å². The van der Waals surface area contributed by atoms with Crippen LogP contribution in [-0.4, -0.2) is 24.5 Å². The second-order valence-corrected chi connectivity index (χ2v) is 8.61. The third kappa shape index (κ3) is 3.74. The maximum absolute atomic E-state index is 13.7. The average Bonchev–Trinajstić information content (AvgIpc) is 3.31. The van der Waals surface area contributed by atoms with Crippen molar-refractivity contribution in [2.24, 2.45) is 5.92 Å². The Hall–Kier alpha value is -3.06. The minimum absolute atomic E-state index is 0.354. The molecule has 0 aliphatic carbocycles. The van der Waals surface area contributed by atoms with Crippen LogP contribution in [0.1, 0.15) is 18.5 Å². The molecule has 168 valence electrons. The molecule has 0 spiro atoms. The first-order chi connectivity index (χ1) is 16.0. The lowest BCUT2D eigenvalue weighted by Crippen LogP contribution is -2.37. The van der Waals surface area contributed by atoms with Crippen molar-refractivity contribution in [2.75, 3.05) is 16.6 Å². The average molecular weight is 483 g/mol. The Morgan fingerprint density at radius 1 is 0.909 bits per heavy atom. The van der Waals surface area contributed by atoms with Gasteiger partial charge in [-0.1, -0.05) is 53.5 Å². The molecule has 0 radical (unpaired) electrons. The lowest BCUT2D eigenvalue weighted by Gasteiger charge is -2.29. The molecule has 3 aromatic carbocycles. The van der Waals surface area contributed by atoms with Crippen molar-refractivity contribution in [3.63, 3.8) is 0 Å². The number of carbonyl (C=O) groups is 2. The van der Waals surface area contributed by atoms with Crippen LogP contribution in [0.25, 0.3) is 0 Å². The number of benzene rings is 3. The maximum Gasteiger partial charge on any atom is 0.266 e. The Balaban J connectivity index is 1.58. The summed E-state index contributed by atoms with van der Waals surface area (Å²) in [5.74, 6) is -0.982. The standard InChI is InChI=1S/C25H20Cl2N2O4/c1-2-32-18-10-6-9-17(14-18)28-24(30)21-22(19-12-11-15(26)13-20(19)27)29(33-23(21)25(28)31)16-7-4-3-5-8-16/h3-14,21-23H,2H2,1H3/t21-,22-,23-/m0/s1. The third-order valence-corrected chi connectivity index (χ3v) is 6.36. The topological polar surface area (TPSA) is 59.1 Å². The molecule has 6 nitrogen and oxygen atoms in total. The summed E-state index contributed by atoms with van der Waals surface area (Å²) < 4.78 is 5.54. The number of rotatable bonds is 5. The minimum atomic E-state index is -0.981. The highest BCUT2D eigenvalue weighted by molar-refractivity contribution is 6.35. The number of imide groups is 1. The van der Waals surface area contributed by atoms with E-state index in [0.29, 0.717) is 39.3 Å². The number of hydrogen-bond acceptors (Lipinski definition) is 5. The summed E-state index contributed by atoms with van der Waals surface area (Å²) >= 11 is 12.7. The number of para-hydroxylation sites is 1. The zero-order chi connectivity index (χ0) is 23.1. The number of hydroxylamine groups is 1. The summed E-state index contributed by atoms with van der Waals surface area (Å²) in [7, 11) is 0. The van der Waals surface area contributed by atoms with Crippen LogP contribution in [-0.2, 0) is 14.4 Å². The Morgan fingerprint density at radius 2 is 1.67 bits per heavy atom. The van der Waals surface area contributed by atoms with Gasteiger partial charge in [-0.2, -0.15) is 0 Å². The first kappa shape index (κ1) is 21.8. The molecule has 0 aromatic heterocycles. The van der Waals surface area contributed by atoms with E-state index in [1.54, 1.807) is 47.5 Å². The van der Waals surface area contributed by atoms with Crippen molar-refractivity contribution >= 4 is 46.4 Å². The summed E-state index contributed by atoms with van der Waals surface area (Å²) in [6.45, 7) is 2.35. The largest absolute Gasteiger partial charge is 0.494 e. The molecule has 33 heavy (non-hydrogen) atoms. The molecule has 0 N–H and O–H groups in total. The second kappa shape index (κ2) is 8.71. The van der Waals surface area contributed by atoms with Crippen LogP contribution in [0.3, 0.4) is 0 Å². The van der Waals surface area contributed by atoms with E-state index in [1.807, 2.05) is 37.3 Å². The SMILES string of the molecule is CCOc1cccc(N2C(=O)[C@@H]3[C@H](ON(c4ccccc4)[C@H]3c3ccc(Cl)cc3Cl)C2=O)c1. The molecule has 2 fully saturated rings. The van der Waals surface area contributed by atoms with E-state index >= 15 is 0 Å². The van der Waals surface area contributed by atoms with E-state index in [9.17, 15) is 9.59 Å². The molecule has 8 heteroatoms. The molecule has 2 saturated heterocycles. The highest BCUT2D eigenvalue weighted by atomic mass is 35.5. The number of anilines is 2. The van der Waals surface area contributed by atoms with E-state index < -0.39 is 24.0 Å². The molecule has 0 saturated carbocycles. The van der Waals surface area contributed by atoms with Crippen LogP contribution in [0.5, 0.6) is 5.75 Å². The normalized spacial score (nSPS) is 22.1. The Morgan fingerprint density at radius 3 is 2.39 bits per heavy atom. The summed E-state index contributed by atoms with van der Waals surface area (Å²) in [4.78, 5) is 34.4. The highest BCUT2D eigenvalue weighted by Crippen LogP contribution is 2.49. The monoisotopic (exact) mass is 482 g/mol. The van der Waals surface area contributed by atoms with Crippen molar-refractivity contribution in [1.82, 2.24) is 0 Å². The molecule has 5 rings (SSSR count). The van der Waals surface area contributed by atoms with Crippen LogP contribution in [0, 0.1) is 5.92 Å². The Labute approximate surface area is 201 Å². The number of halogens is 2. The quantitative estimate of drug-likeness (QED) is 0.453. The van der Waals surface area contributed by atoms with E-state index in [0.717, 1.165) is 0 Å². The van der Waals surface area contributed by atoms with E-state index in [-0.39, 0.29) is 5.91 Å². The lowest BCUT2D eigenvalue weighted by atomic mass is 9.90. The van der Waals surface area contributed by atoms with Gasteiger partial charge in [-0.3, -0.25) is 14.4 Å². The van der Waals surface area contributed by atoms with Crippen molar-refractivity contribution in [3.8, 4) is 5.75 Å².